The van der Waals surface area contributed by atoms with Gasteiger partial charge in [0.05, 0.1) is 16.7 Å². The number of hydrogen-bond acceptors (Lipinski definition) is 2. The van der Waals surface area contributed by atoms with Crippen molar-refractivity contribution in [2.75, 3.05) is 0 Å². The lowest BCUT2D eigenvalue weighted by Crippen LogP contribution is -2.37. The lowest BCUT2D eigenvalue weighted by Gasteiger charge is -2.15. The number of rotatable bonds is 6. The van der Waals surface area contributed by atoms with Crippen LogP contribution in [0.5, 0.6) is 0 Å². The average Bonchev–Trinajstić information content (AvgIpc) is 3.20. The predicted molar refractivity (Wildman–Crippen MR) is 109 cm³/mol. The molecule has 4 nitrogen and oxygen atoms in total. The average molecular weight is 501 g/mol. The summed E-state index contributed by atoms with van der Waals surface area (Å²) in [6.45, 7) is 0.306. The third kappa shape index (κ3) is 5.41. The van der Waals surface area contributed by atoms with E-state index in [0.717, 1.165) is 12.1 Å². The van der Waals surface area contributed by atoms with Gasteiger partial charge >= 0.3 is 12.4 Å². The fraction of sp³-hybridized carbons (Fsp3) is 0.261. The van der Waals surface area contributed by atoms with E-state index in [4.69, 9.17) is 0 Å². The van der Waals surface area contributed by atoms with Crippen molar-refractivity contribution in [1.82, 2.24) is 15.1 Å². The van der Waals surface area contributed by atoms with Crippen LogP contribution in [0.1, 0.15) is 29.5 Å². The van der Waals surface area contributed by atoms with E-state index < -0.39 is 35.1 Å². The summed E-state index contributed by atoms with van der Waals surface area (Å²) in [7, 11) is 0. The molecule has 12 heteroatoms. The fourth-order valence-corrected chi connectivity index (χ4v) is 3.67. The number of nitrogens with one attached hydrogen (secondary N) is 1. The number of halogens is 8. The van der Waals surface area contributed by atoms with Crippen LogP contribution < -0.4 is 4.68 Å². The Balaban J connectivity index is 1.44. The number of imidazole rings is 1. The van der Waals surface area contributed by atoms with Gasteiger partial charge in [0.15, 0.2) is 18.2 Å². The first-order chi connectivity index (χ1) is 16.4. The molecule has 1 N–H and O–H groups in total. The minimum Gasteiger partial charge on any atom is -0.333 e. The van der Waals surface area contributed by atoms with Gasteiger partial charge in [0, 0.05) is 6.42 Å². The molecule has 0 aliphatic heterocycles. The fourth-order valence-electron chi connectivity index (χ4n) is 3.67. The van der Waals surface area contributed by atoms with Crippen molar-refractivity contribution < 1.29 is 39.8 Å². The van der Waals surface area contributed by atoms with E-state index in [9.17, 15) is 35.1 Å². The normalized spacial score (nSPS) is 12.5. The van der Waals surface area contributed by atoms with E-state index in [-0.39, 0.29) is 35.9 Å². The van der Waals surface area contributed by atoms with Gasteiger partial charge in [-0.05, 0) is 47.8 Å². The molecule has 0 atom stereocenters. The van der Waals surface area contributed by atoms with Crippen LogP contribution in [-0.4, -0.2) is 15.1 Å². The Morgan fingerprint density at radius 2 is 1.69 bits per heavy atom. The van der Waals surface area contributed by atoms with Gasteiger partial charge in [-0.3, -0.25) is 0 Å². The molecule has 35 heavy (non-hydrogen) atoms. The van der Waals surface area contributed by atoms with Crippen LogP contribution in [0.15, 0.2) is 48.8 Å². The Kier molecular flexibility index (Phi) is 6.48. The van der Waals surface area contributed by atoms with Crippen LogP contribution in [0.3, 0.4) is 0 Å². The highest BCUT2D eigenvalue weighted by molar-refractivity contribution is 5.77. The molecular weight excluding hydrogens is 484 g/mol. The Labute approximate surface area is 193 Å². The summed E-state index contributed by atoms with van der Waals surface area (Å²) >= 11 is 0. The number of nitrogens with zero attached hydrogens (tertiary/aromatic N) is 3. The number of aromatic nitrogens is 4. The molecule has 4 rings (SSSR count). The Morgan fingerprint density at radius 3 is 2.40 bits per heavy atom. The van der Waals surface area contributed by atoms with Gasteiger partial charge in [0.2, 0.25) is 6.20 Å². The van der Waals surface area contributed by atoms with E-state index in [1.807, 2.05) is 0 Å². The first kappa shape index (κ1) is 24.6. The van der Waals surface area contributed by atoms with E-state index in [0.29, 0.717) is 30.1 Å². The predicted octanol–water partition coefficient (Wildman–Crippen LogP) is 6.25. The Hall–Kier alpha value is -3.57. The monoisotopic (exact) mass is 501 g/mol. The lowest BCUT2D eigenvalue weighted by molar-refractivity contribution is -0.753. The molecule has 0 aliphatic carbocycles. The standard InChI is InChI=1S/C23H16F8N4/c24-17-6-3-5-15(20(17)25)21-33-18-11-32-35(12-19(18)34-21)9-2-1-4-13-7-8-14(22(26,27)28)10-16(13)23(29,30)31/h3,5-8,10-12H,1-2,4,9H2/p+1. The molecule has 0 amide bonds. The lowest BCUT2D eigenvalue weighted by atomic mass is 9.98. The van der Waals surface area contributed by atoms with Crippen molar-refractivity contribution in [3.05, 3.63) is 77.1 Å². The van der Waals surface area contributed by atoms with Gasteiger partial charge in [0.1, 0.15) is 23.1 Å². The van der Waals surface area contributed by atoms with Gasteiger partial charge < -0.3 is 4.98 Å². The minimum absolute atomic E-state index is 0.0511. The van der Waals surface area contributed by atoms with Crippen LogP contribution in [0.25, 0.3) is 22.4 Å². The summed E-state index contributed by atoms with van der Waals surface area (Å²) in [6.07, 6.45) is -6.20. The van der Waals surface area contributed by atoms with Crippen molar-refractivity contribution in [2.45, 2.75) is 38.2 Å². The van der Waals surface area contributed by atoms with Crippen molar-refractivity contribution in [1.29, 1.82) is 0 Å². The van der Waals surface area contributed by atoms with Crippen LogP contribution in [0, 0.1) is 11.6 Å². The van der Waals surface area contributed by atoms with Crippen LogP contribution in [-0.2, 0) is 25.3 Å². The Bertz CT molecular complexity index is 1360. The van der Waals surface area contributed by atoms with Gasteiger partial charge in [-0.25, -0.2) is 13.8 Å². The smallest absolute Gasteiger partial charge is 0.333 e. The van der Waals surface area contributed by atoms with Gasteiger partial charge in [0.25, 0.3) is 0 Å². The van der Waals surface area contributed by atoms with Gasteiger partial charge in [-0.1, -0.05) is 16.8 Å². The second-order valence-electron chi connectivity index (χ2n) is 7.85. The van der Waals surface area contributed by atoms with Crippen molar-refractivity contribution >= 4 is 11.0 Å². The molecule has 2 aromatic heterocycles. The van der Waals surface area contributed by atoms with Crippen LogP contribution in [0.2, 0.25) is 0 Å². The molecule has 2 aromatic carbocycles. The molecule has 0 saturated carbocycles. The second-order valence-corrected chi connectivity index (χ2v) is 7.85. The molecule has 0 unspecified atom stereocenters. The number of H-pyrrole nitrogens is 1. The summed E-state index contributed by atoms with van der Waals surface area (Å²) < 4.78 is 107. The molecule has 2 heterocycles. The maximum absolute atomic E-state index is 14.0. The molecule has 0 spiro atoms. The van der Waals surface area contributed by atoms with E-state index in [1.54, 1.807) is 6.20 Å². The number of fused-ring (bicyclic) bond motifs is 1. The number of hydrogen-bond donors (Lipinski definition) is 1. The Morgan fingerprint density at radius 1 is 0.914 bits per heavy atom. The topological polar surface area (TPSA) is 45.5 Å². The summed E-state index contributed by atoms with van der Waals surface area (Å²) in [4.78, 5) is 7.08. The van der Waals surface area contributed by atoms with Gasteiger partial charge in [-0.15, -0.1) is 0 Å². The maximum Gasteiger partial charge on any atom is 0.416 e. The zero-order valence-corrected chi connectivity index (χ0v) is 17.8. The summed E-state index contributed by atoms with van der Waals surface area (Å²) in [5, 5.41) is 4.16. The number of alkyl halides is 6. The number of unbranched alkanes of at least 4 members (excludes halogenated alkanes) is 1. The van der Waals surface area contributed by atoms with Crippen molar-refractivity contribution in [3.63, 3.8) is 0 Å². The SMILES string of the molecule is Fc1cccc(-c2nc3cn[n+](CCCCc4ccc(C(F)(F)F)cc4C(F)(F)F)cc3[nH]2)c1F. The molecule has 0 fully saturated rings. The van der Waals surface area contributed by atoms with Gasteiger partial charge in [-0.2, -0.15) is 26.3 Å². The highest BCUT2D eigenvalue weighted by atomic mass is 19.4. The zero-order chi connectivity index (χ0) is 25.4. The van der Waals surface area contributed by atoms with Crippen LogP contribution >= 0.6 is 0 Å². The molecular formula is C23H17F8N4+. The van der Waals surface area contributed by atoms with Crippen molar-refractivity contribution in [2.24, 2.45) is 0 Å². The molecule has 0 bridgehead atoms. The molecule has 0 radical (unpaired) electrons. The third-order valence-corrected chi connectivity index (χ3v) is 5.40. The first-order valence-corrected chi connectivity index (χ1v) is 10.4. The second kappa shape index (κ2) is 9.23. The number of aromatic amines is 1. The first-order valence-electron chi connectivity index (χ1n) is 10.4. The molecule has 0 aliphatic rings. The van der Waals surface area contributed by atoms with Crippen LogP contribution in [0.4, 0.5) is 35.1 Å². The molecule has 0 saturated heterocycles. The maximum atomic E-state index is 14.0. The number of benzene rings is 2. The molecule has 184 valence electrons. The van der Waals surface area contributed by atoms with E-state index >= 15 is 0 Å². The quantitative estimate of drug-likeness (QED) is 0.193. The summed E-state index contributed by atoms with van der Waals surface area (Å²) in [5.41, 5.74) is -2.02. The largest absolute Gasteiger partial charge is 0.416 e. The van der Waals surface area contributed by atoms with Crippen molar-refractivity contribution in [3.8, 4) is 11.4 Å². The third-order valence-electron chi connectivity index (χ3n) is 5.40. The summed E-state index contributed by atoms with van der Waals surface area (Å²) in [5.74, 6) is -1.95. The zero-order valence-electron chi connectivity index (χ0n) is 17.8. The minimum atomic E-state index is -4.91. The summed E-state index contributed by atoms with van der Waals surface area (Å²) in [6, 6.07) is 5.34. The highest BCUT2D eigenvalue weighted by Gasteiger charge is 2.37. The number of aryl methyl sites for hydroxylation is 2. The molecule has 4 aromatic rings. The highest BCUT2D eigenvalue weighted by Crippen LogP contribution is 2.37. The van der Waals surface area contributed by atoms with E-state index in [2.05, 4.69) is 15.1 Å². The van der Waals surface area contributed by atoms with E-state index in [1.165, 1.54) is 23.0 Å².